The maximum Gasteiger partial charge on any atom is 0.301 e. The van der Waals surface area contributed by atoms with E-state index in [9.17, 15) is 20.2 Å². The first-order valence-corrected chi connectivity index (χ1v) is 8.93. The fourth-order valence-corrected chi connectivity index (χ4v) is 2.56. The lowest BCUT2D eigenvalue weighted by Gasteiger charge is -2.07. The molecule has 9 heteroatoms. The normalized spacial score (nSPS) is 10.7. The Balaban J connectivity index is 1.61. The van der Waals surface area contributed by atoms with Gasteiger partial charge in [0.2, 0.25) is 0 Å². The van der Waals surface area contributed by atoms with Gasteiger partial charge in [-0.2, -0.15) is 5.10 Å². The minimum absolute atomic E-state index is 0.0555. The predicted molar refractivity (Wildman–Crippen MR) is 113 cm³/mol. The summed E-state index contributed by atoms with van der Waals surface area (Å²) >= 11 is 0. The molecule has 3 aromatic rings. The van der Waals surface area contributed by atoms with Gasteiger partial charge < -0.3 is 4.74 Å². The van der Waals surface area contributed by atoms with E-state index in [0.29, 0.717) is 12.4 Å². The van der Waals surface area contributed by atoms with Crippen LogP contribution in [0.4, 0.5) is 17.1 Å². The molecule has 0 radical (unpaired) electrons. The van der Waals surface area contributed by atoms with Crippen LogP contribution in [-0.2, 0) is 6.61 Å². The molecule has 0 saturated carbocycles. The summed E-state index contributed by atoms with van der Waals surface area (Å²) in [6.07, 6.45) is 1.48. The molecule has 0 atom stereocenters. The molecule has 1 N–H and O–H groups in total. The minimum atomic E-state index is -0.703. The van der Waals surface area contributed by atoms with Gasteiger partial charge in [0.15, 0.2) is 0 Å². The smallest absolute Gasteiger partial charge is 0.301 e. The summed E-state index contributed by atoms with van der Waals surface area (Å²) in [6.45, 7) is 2.48. The van der Waals surface area contributed by atoms with Gasteiger partial charge in [-0.15, -0.1) is 0 Å². The first kappa shape index (κ1) is 20.5. The van der Waals surface area contributed by atoms with Crippen LogP contribution < -0.4 is 10.2 Å². The summed E-state index contributed by atoms with van der Waals surface area (Å²) in [5, 5.41) is 25.9. The van der Waals surface area contributed by atoms with Crippen molar-refractivity contribution in [2.75, 3.05) is 5.43 Å². The van der Waals surface area contributed by atoms with Crippen LogP contribution >= 0.6 is 0 Å². The molecule has 0 bridgehead atoms. The van der Waals surface area contributed by atoms with E-state index >= 15 is 0 Å². The average Bonchev–Trinajstić information content (AvgIpc) is 2.74. The van der Waals surface area contributed by atoms with Gasteiger partial charge in [0.25, 0.3) is 5.69 Å². The topological polar surface area (TPSA) is 120 Å². The summed E-state index contributed by atoms with van der Waals surface area (Å²) in [4.78, 5) is 20.5. The molecule has 30 heavy (non-hydrogen) atoms. The van der Waals surface area contributed by atoms with Gasteiger partial charge in [0.1, 0.15) is 18.0 Å². The Labute approximate surface area is 171 Å². The van der Waals surface area contributed by atoms with E-state index in [-0.39, 0.29) is 11.4 Å². The SMILES string of the molecule is Cc1ccc(COc2ccc(/C=N\Nc3ccc([N+](=O)[O-])cc3[N+](=O)[O-])cc2)cc1. The van der Waals surface area contributed by atoms with E-state index < -0.39 is 15.5 Å². The molecule has 0 fully saturated rings. The molecule has 152 valence electrons. The molecule has 0 heterocycles. The van der Waals surface area contributed by atoms with Crippen molar-refractivity contribution in [2.45, 2.75) is 13.5 Å². The Bertz CT molecular complexity index is 1080. The largest absolute Gasteiger partial charge is 0.489 e. The zero-order valence-electron chi connectivity index (χ0n) is 16.0. The average molecular weight is 406 g/mol. The Morgan fingerprint density at radius 2 is 1.67 bits per heavy atom. The van der Waals surface area contributed by atoms with E-state index in [1.165, 1.54) is 23.9 Å². The van der Waals surface area contributed by atoms with Gasteiger partial charge in [0, 0.05) is 6.07 Å². The fourth-order valence-electron chi connectivity index (χ4n) is 2.56. The lowest BCUT2D eigenvalue weighted by Crippen LogP contribution is -1.99. The second kappa shape index (κ2) is 9.28. The quantitative estimate of drug-likeness (QED) is 0.325. The minimum Gasteiger partial charge on any atom is -0.489 e. The number of rotatable bonds is 8. The highest BCUT2D eigenvalue weighted by atomic mass is 16.6. The number of hydrogen-bond donors (Lipinski definition) is 1. The van der Waals surface area contributed by atoms with Crippen LogP contribution in [0.3, 0.4) is 0 Å². The van der Waals surface area contributed by atoms with Gasteiger partial charge in [-0.05, 0) is 48.4 Å². The summed E-state index contributed by atoms with van der Waals surface area (Å²) in [5.41, 5.74) is 4.82. The third-order valence-electron chi connectivity index (χ3n) is 4.19. The van der Waals surface area contributed by atoms with E-state index in [0.717, 1.165) is 17.2 Å². The van der Waals surface area contributed by atoms with E-state index in [1.807, 2.05) is 31.2 Å². The van der Waals surface area contributed by atoms with Crippen LogP contribution in [0.15, 0.2) is 71.8 Å². The number of non-ortho nitro benzene ring substituents is 1. The number of ether oxygens (including phenoxy) is 1. The number of nitrogens with zero attached hydrogens (tertiary/aromatic N) is 3. The summed E-state index contributed by atoms with van der Waals surface area (Å²) in [6, 6.07) is 18.6. The number of nitro benzene ring substituents is 2. The number of anilines is 1. The second-order valence-corrected chi connectivity index (χ2v) is 6.43. The van der Waals surface area contributed by atoms with Crippen molar-refractivity contribution in [1.82, 2.24) is 0 Å². The molecule has 3 rings (SSSR count). The molecule has 3 aromatic carbocycles. The second-order valence-electron chi connectivity index (χ2n) is 6.43. The first-order valence-electron chi connectivity index (χ1n) is 8.93. The molecule has 0 unspecified atom stereocenters. The van der Waals surface area contributed by atoms with Crippen LogP contribution in [-0.4, -0.2) is 16.1 Å². The van der Waals surface area contributed by atoms with Gasteiger partial charge in [-0.1, -0.05) is 29.8 Å². The maximum absolute atomic E-state index is 11.1. The zero-order valence-corrected chi connectivity index (χ0v) is 16.0. The predicted octanol–water partition coefficient (Wildman–Crippen LogP) is 4.84. The van der Waals surface area contributed by atoms with Gasteiger partial charge >= 0.3 is 5.69 Å². The highest BCUT2D eigenvalue weighted by Gasteiger charge is 2.19. The Morgan fingerprint density at radius 3 is 2.30 bits per heavy atom. The molecule has 0 saturated heterocycles. The van der Waals surface area contributed by atoms with Crippen LogP contribution in [0.25, 0.3) is 0 Å². The number of benzene rings is 3. The summed E-state index contributed by atoms with van der Waals surface area (Å²) in [5.74, 6) is 0.701. The number of nitrogens with one attached hydrogen (secondary N) is 1. The van der Waals surface area contributed by atoms with Crippen molar-refractivity contribution >= 4 is 23.3 Å². The molecule has 0 aliphatic heterocycles. The first-order chi connectivity index (χ1) is 14.4. The number of hydrogen-bond acceptors (Lipinski definition) is 7. The van der Waals surface area contributed by atoms with Crippen LogP contribution in [0, 0.1) is 27.2 Å². The lowest BCUT2D eigenvalue weighted by atomic mass is 10.2. The van der Waals surface area contributed by atoms with E-state index in [1.54, 1.807) is 24.3 Å². The molecule has 0 aliphatic rings. The molecule has 0 amide bonds. The van der Waals surface area contributed by atoms with E-state index in [2.05, 4.69) is 10.5 Å². The van der Waals surface area contributed by atoms with Crippen LogP contribution in [0.2, 0.25) is 0 Å². The van der Waals surface area contributed by atoms with Crippen molar-refractivity contribution < 1.29 is 14.6 Å². The van der Waals surface area contributed by atoms with Gasteiger partial charge in [-0.25, -0.2) is 0 Å². The molecule has 0 spiro atoms. The Morgan fingerprint density at radius 1 is 0.967 bits per heavy atom. The van der Waals surface area contributed by atoms with Gasteiger partial charge in [-0.3, -0.25) is 25.7 Å². The molecule has 0 aromatic heterocycles. The van der Waals surface area contributed by atoms with E-state index in [4.69, 9.17) is 4.74 Å². The van der Waals surface area contributed by atoms with Crippen molar-refractivity contribution in [3.05, 3.63) is 104 Å². The van der Waals surface area contributed by atoms with Crippen molar-refractivity contribution in [3.8, 4) is 5.75 Å². The monoisotopic (exact) mass is 406 g/mol. The standard InChI is InChI=1S/C21H18N4O5/c1-15-2-4-17(5-3-15)14-30-19-9-6-16(7-10-19)13-22-23-20-11-8-18(24(26)27)12-21(20)25(28)29/h2-13,23H,14H2,1H3/b22-13-. The van der Waals surface area contributed by atoms with Crippen molar-refractivity contribution in [3.63, 3.8) is 0 Å². The van der Waals surface area contributed by atoms with Crippen LogP contribution in [0.5, 0.6) is 5.75 Å². The maximum atomic E-state index is 11.1. The zero-order chi connectivity index (χ0) is 21.5. The third kappa shape index (κ3) is 5.38. The lowest BCUT2D eigenvalue weighted by molar-refractivity contribution is -0.393. The van der Waals surface area contributed by atoms with Crippen molar-refractivity contribution in [1.29, 1.82) is 0 Å². The highest BCUT2D eigenvalue weighted by molar-refractivity contribution is 5.80. The Hall–Kier alpha value is -4.27. The fraction of sp³-hybridized carbons (Fsp3) is 0.0952. The Kier molecular flexibility index (Phi) is 6.33. The van der Waals surface area contributed by atoms with Gasteiger partial charge in [0.05, 0.1) is 22.1 Å². The molecular weight excluding hydrogens is 388 g/mol. The third-order valence-corrected chi connectivity index (χ3v) is 4.19. The number of aryl methyl sites for hydroxylation is 1. The van der Waals surface area contributed by atoms with Crippen LogP contribution in [0.1, 0.15) is 16.7 Å². The number of nitro groups is 2. The highest BCUT2D eigenvalue weighted by Crippen LogP contribution is 2.28. The number of hydrazone groups is 1. The summed E-state index contributed by atoms with van der Waals surface area (Å²) in [7, 11) is 0. The molecular formula is C21H18N4O5. The van der Waals surface area contributed by atoms with Crippen molar-refractivity contribution in [2.24, 2.45) is 5.10 Å². The molecule has 0 aliphatic carbocycles. The molecule has 9 nitrogen and oxygen atoms in total. The summed E-state index contributed by atoms with van der Waals surface area (Å²) < 4.78 is 5.74.